The molecule has 1 heterocycles. The number of hydrogen-bond donors (Lipinski definition) is 2. The number of hydrogen-bond acceptors (Lipinski definition) is 4. The molecule has 3 aromatic rings. The van der Waals surface area contributed by atoms with Gasteiger partial charge in [-0.15, -0.1) is 0 Å². The summed E-state index contributed by atoms with van der Waals surface area (Å²) in [5, 5.41) is 17.0. The fourth-order valence-corrected chi connectivity index (χ4v) is 3.96. The van der Waals surface area contributed by atoms with Crippen molar-refractivity contribution >= 4 is 5.97 Å². The van der Waals surface area contributed by atoms with Gasteiger partial charge >= 0.3 is 12.1 Å². The molecule has 0 spiro atoms. The highest BCUT2D eigenvalue weighted by molar-refractivity contribution is 5.76. The zero-order valence-corrected chi connectivity index (χ0v) is 20.6. The largest absolute Gasteiger partial charge is 0.478 e. The zero-order chi connectivity index (χ0) is 26.1. The van der Waals surface area contributed by atoms with E-state index in [1.807, 2.05) is 32.2 Å². The number of nitrogens with zero attached hydrogens (tertiary/aromatic N) is 2. The highest BCUT2D eigenvalue weighted by Crippen LogP contribution is 2.35. The summed E-state index contributed by atoms with van der Waals surface area (Å²) in [5.74, 6) is -0.576. The third-order valence-electron chi connectivity index (χ3n) is 6.26. The molecule has 3 rings (SSSR count). The molecule has 0 fully saturated rings. The summed E-state index contributed by atoms with van der Waals surface area (Å²) in [5.41, 5.74) is 1.86. The van der Waals surface area contributed by atoms with Crippen molar-refractivity contribution in [1.82, 2.24) is 15.1 Å². The molecule has 0 aliphatic heterocycles. The van der Waals surface area contributed by atoms with Gasteiger partial charge in [0.2, 0.25) is 0 Å². The number of carbonyl (C=O) groups is 1. The number of rotatable bonds is 8. The maximum atomic E-state index is 13.3. The van der Waals surface area contributed by atoms with Crippen LogP contribution in [0.3, 0.4) is 0 Å². The number of carboxylic acid groups (broad SMARTS) is 1. The first-order valence-corrected chi connectivity index (χ1v) is 11.2. The Kier molecular flexibility index (Phi) is 7.31. The molecule has 2 aromatic carbocycles. The molecule has 188 valence electrons. The molecule has 0 saturated carbocycles. The van der Waals surface area contributed by atoms with Crippen molar-refractivity contribution in [3.63, 3.8) is 0 Å². The number of alkyl halides is 3. The van der Waals surface area contributed by atoms with Crippen molar-refractivity contribution in [1.29, 1.82) is 0 Å². The average molecular weight is 490 g/mol. The SMILES string of the molecule is CNC(Cc1ccnn1-c1ccc(C(F)(F)F)c(C)c1C)c1ccc(OC(C)(C)C(=O)O)c(C)c1. The van der Waals surface area contributed by atoms with E-state index in [-0.39, 0.29) is 11.6 Å². The van der Waals surface area contributed by atoms with E-state index >= 15 is 0 Å². The Morgan fingerprint density at radius 3 is 2.37 bits per heavy atom. The summed E-state index contributed by atoms with van der Waals surface area (Å²) < 4.78 is 47.3. The molecule has 0 amide bonds. The van der Waals surface area contributed by atoms with Crippen LogP contribution in [0.2, 0.25) is 0 Å². The quantitative estimate of drug-likeness (QED) is 0.433. The summed E-state index contributed by atoms with van der Waals surface area (Å²) in [4.78, 5) is 11.4. The van der Waals surface area contributed by atoms with Crippen molar-refractivity contribution in [2.75, 3.05) is 7.05 Å². The minimum Gasteiger partial charge on any atom is -0.478 e. The Morgan fingerprint density at radius 1 is 1.11 bits per heavy atom. The third-order valence-corrected chi connectivity index (χ3v) is 6.26. The van der Waals surface area contributed by atoms with Crippen LogP contribution in [0, 0.1) is 20.8 Å². The predicted octanol–water partition coefficient (Wildman–Crippen LogP) is 5.56. The van der Waals surface area contributed by atoms with Gasteiger partial charge in [0.25, 0.3) is 0 Å². The van der Waals surface area contributed by atoms with Crippen LogP contribution in [-0.4, -0.2) is 33.5 Å². The monoisotopic (exact) mass is 489 g/mol. The Labute approximate surface area is 202 Å². The van der Waals surface area contributed by atoms with Gasteiger partial charge in [0, 0.05) is 24.4 Å². The number of aliphatic carboxylic acids is 1. The van der Waals surface area contributed by atoms with Gasteiger partial charge in [0.05, 0.1) is 11.3 Å². The van der Waals surface area contributed by atoms with Crippen LogP contribution in [-0.2, 0) is 17.4 Å². The second-order valence-corrected chi connectivity index (χ2v) is 9.10. The van der Waals surface area contributed by atoms with Gasteiger partial charge in [-0.25, -0.2) is 9.48 Å². The first-order chi connectivity index (χ1) is 16.3. The lowest BCUT2D eigenvalue weighted by Crippen LogP contribution is -2.38. The highest BCUT2D eigenvalue weighted by Gasteiger charge is 2.33. The third kappa shape index (κ3) is 5.51. The molecule has 2 N–H and O–H groups in total. The molecule has 1 unspecified atom stereocenters. The number of nitrogens with one attached hydrogen (secondary N) is 1. The molecule has 35 heavy (non-hydrogen) atoms. The van der Waals surface area contributed by atoms with Crippen molar-refractivity contribution in [2.45, 2.75) is 58.9 Å². The van der Waals surface area contributed by atoms with Crippen molar-refractivity contribution in [3.8, 4) is 11.4 Å². The molecule has 1 atom stereocenters. The maximum absolute atomic E-state index is 13.3. The van der Waals surface area contributed by atoms with E-state index in [4.69, 9.17) is 4.74 Å². The standard InChI is InChI=1S/C26H30F3N3O3/c1-15-13-18(7-10-23(15)35-25(4,5)24(33)34)21(30-6)14-19-11-12-31-32(19)22-9-8-20(26(27,28)29)16(2)17(22)3/h7-13,21,30H,14H2,1-6H3,(H,33,34). The first-order valence-electron chi connectivity index (χ1n) is 11.2. The van der Waals surface area contributed by atoms with E-state index in [1.165, 1.54) is 26.8 Å². The second kappa shape index (κ2) is 9.73. The van der Waals surface area contributed by atoms with Crippen LogP contribution in [0.15, 0.2) is 42.6 Å². The van der Waals surface area contributed by atoms with Crippen LogP contribution in [0.5, 0.6) is 5.75 Å². The van der Waals surface area contributed by atoms with Crippen molar-refractivity contribution < 1.29 is 27.8 Å². The number of carboxylic acids is 1. The van der Waals surface area contributed by atoms with E-state index in [2.05, 4.69) is 10.4 Å². The van der Waals surface area contributed by atoms with E-state index in [1.54, 1.807) is 23.9 Å². The van der Waals surface area contributed by atoms with E-state index in [9.17, 15) is 23.1 Å². The average Bonchev–Trinajstić information content (AvgIpc) is 3.22. The molecule has 0 aliphatic rings. The Morgan fingerprint density at radius 2 is 1.80 bits per heavy atom. The molecule has 0 saturated heterocycles. The summed E-state index contributed by atoms with van der Waals surface area (Å²) in [6, 6.07) is 9.83. The summed E-state index contributed by atoms with van der Waals surface area (Å²) in [6.07, 6.45) is -2.26. The molecule has 6 nitrogen and oxygen atoms in total. The minimum atomic E-state index is -4.41. The fraction of sp³-hybridized carbons (Fsp3) is 0.385. The van der Waals surface area contributed by atoms with E-state index in [0.29, 0.717) is 23.4 Å². The summed E-state index contributed by atoms with van der Waals surface area (Å²) in [6.45, 7) is 7.97. The Bertz CT molecular complexity index is 1230. The van der Waals surface area contributed by atoms with Gasteiger partial charge in [0.1, 0.15) is 5.75 Å². The lowest BCUT2D eigenvalue weighted by Gasteiger charge is -2.24. The Balaban J connectivity index is 1.90. The second-order valence-electron chi connectivity index (χ2n) is 9.10. The van der Waals surface area contributed by atoms with Crippen LogP contribution in [0.25, 0.3) is 5.69 Å². The smallest absolute Gasteiger partial charge is 0.416 e. The molecule has 0 radical (unpaired) electrons. The van der Waals surface area contributed by atoms with Gasteiger partial charge in [-0.1, -0.05) is 12.1 Å². The minimum absolute atomic E-state index is 0.124. The molecule has 1 aromatic heterocycles. The van der Waals surface area contributed by atoms with Crippen LogP contribution >= 0.6 is 0 Å². The Hall–Kier alpha value is -3.33. The lowest BCUT2D eigenvalue weighted by molar-refractivity contribution is -0.152. The van der Waals surface area contributed by atoms with Gasteiger partial charge < -0.3 is 15.2 Å². The normalized spacial score (nSPS) is 13.1. The van der Waals surface area contributed by atoms with Crippen molar-refractivity contribution in [3.05, 3.63) is 76.1 Å². The highest BCUT2D eigenvalue weighted by atomic mass is 19.4. The topological polar surface area (TPSA) is 76.4 Å². The van der Waals surface area contributed by atoms with Crippen LogP contribution < -0.4 is 10.1 Å². The molecule has 9 heteroatoms. The molecular formula is C26H30F3N3O3. The number of aromatic nitrogens is 2. The number of ether oxygens (including phenoxy) is 1. The van der Waals surface area contributed by atoms with Gasteiger partial charge in [-0.2, -0.15) is 18.3 Å². The van der Waals surface area contributed by atoms with Crippen LogP contribution in [0.1, 0.15) is 53.4 Å². The number of aryl methyl sites for hydroxylation is 1. The number of halogens is 3. The van der Waals surface area contributed by atoms with Gasteiger partial charge in [-0.05, 0) is 88.2 Å². The summed E-state index contributed by atoms with van der Waals surface area (Å²) >= 11 is 0. The lowest BCUT2D eigenvalue weighted by atomic mass is 9.98. The van der Waals surface area contributed by atoms with Gasteiger partial charge in [-0.3, -0.25) is 0 Å². The van der Waals surface area contributed by atoms with Crippen LogP contribution in [0.4, 0.5) is 13.2 Å². The zero-order valence-electron chi connectivity index (χ0n) is 20.6. The molecule has 0 bridgehead atoms. The van der Waals surface area contributed by atoms with Gasteiger partial charge in [0.15, 0.2) is 5.60 Å². The maximum Gasteiger partial charge on any atom is 0.416 e. The fourth-order valence-electron chi connectivity index (χ4n) is 3.96. The van der Waals surface area contributed by atoms with Crippen molar-refractivity contribution in [2.24, 2.45) is 0 Å². The number of likely N-dealkylation sites (N-methyl/N-ethyl adjacent to an activating group) is 1. The van der Waals surface area contributed by atoms with E-state index in [0.717, 1.165) is 22.9 Å². The molecule has 0 aliphatic carbocycles. The number of benzene rings is 2. The predicted molar refractivity (Wildman–Crippen MR) is 127 cm³/mol. The first kappa shape index (κ1) is 26.3. The van der Waals surface area contributed by atoms with E-state index < -0.39 is 23.3 Å². The summed E-state index contributed by atoms with van der Waals surface area (Å²) in [7, 11) is 1.83. The molecular weight excluding hydrogens is 459 g/mol.